The molecule has 34 heteroatoms. The number of benzene rings is 4. The van der Waals surface area contributed by atoms with Crippen molar-refractivity contribution in [2.75, 3.05) is 112 Å². The number of aromatic nitrogens is 4. The summed E-state index contributed by atoms with van der Waals surface area (Å²) in [7, 11) is 1.26. The van der Waals surface area contributed by atoms with E-state index in [1.165, 1.54) is 44.6 Å². The van der Waals surface area contributed by atoms with Crippen molar-refractivity contribution in [1.29, 1.82) is 0 Å². The van der Waals surface area contributed by atoms with Crippen LogP contribution in [0.3, 0.4) is 0 Å². The molecule has 4 aromatic carbocycles. The fourth-order valence-electron chi connectivity index (χ4n) is 9.59. The van der Waals surface area contributed by atoms with Gasteiger partial charge < -0.3 is 76.8 Å². The van der Waals surface area contributed by atoms with E-state index in [0.29, 0.717) is 11.1 Å². The number of para-hydroxylation sites is 2. The van der Waals surface area contributed by atoms with Crippen LogP contribution in [0.5, 0.6) is 0 Å². The van der Waals surface area contributed by atoms with Gasteiger partial charge in [-0.2, -0.15) is 10.2 Å². The molecule has 4 atom stereocenters. The summed E-state index contributed by atoms with van der Waals surface area (Å²) >= 11 is 0. The van der Waals surface area contributed by atoms with Crippen molar-refractivity contribution in [2.24, 2.45) is 0 Å². The Balaban J connectivity index is 0.000000288. The molecule has 0 aliphatic carbocycles. The predicted octanol–water partition coefficient (Wildman–Crippen LogP) is 1.66. The van der Waals surface area contributed by atoms with Gasteiger partial charge in [0.15, 0.2) is 64.1 Å². The Morgan fingerprint density at radius 2 is 0.699 bits per heavy atom. The Morgan fingerprint density at radius 3 is 1.04 bits per heavy atom. The SMILES string of the molecule is CC(OC(=O)COC(=O)COC(=O)COC(=O)CO)C(=O)OC(C)C(=O)N1CCN(C(=O)c2ccc(/C=C/c3n[nH]c4ccccc34)cc2)CC1.COCC(=O)OCC(=O)OCC(=O)OCC(=O)OC(C)C(=O)OC(C)C(=O)N1CCN(C(=O)c2ccc(/C=C/c3n[nH]c4ccccc34)cc2)CC1. The third-order valence-electron chi connectivity index (χ3n) is 15.0. The molecule has 34 nitrogen and oxygen atoms in total. The zero-order valence-corrected chi connectivity index (χ0v) is 56.5. The van der Waals surface area contributed by atoms with Crippen LogP contribution in [-0.4, -0.2) is 265 Å². The molecular formula is C69H74N8O26. The molecule has 2 fully saturated rings. The van der Waals surface area contributed by atoms with Crippen molar-refractivity contribution >= 4 is 129 Å². The van der Waals surface area contributed by atoms with E-state index in [1.807, 2.05) is 97.1 Å². The number of hydrogen-bond donors (Lipinski definition) is 3. The number of ether oxygens (including phenoxy) is 11. The standard InChI is InChI=1S/C35H38N4O13.C34H36N4O13/c1-22(52-35(46)23(2)51-32(43)21-50-31(42)20-49-30(41)19-48-29(40)18-47-3)33(44)38-14-16-39(17-15-38)34(45)25-11-8-24(9-12-25)10-13-28-26-6-4-5-7-27(26)36-37-28;1-21(51-34(46)22(2)50-31(43)20-49-30(42)19-48-29(41)18-47-28(40)17-39)32(44)37-13-15-38(16-14-37)33(45)24-10-7-23(8-11-24)9-12-27-25-5-3-4-6-26(25)35-36-27/h4-13,22-23H,14-21H2,1-3H3,(H,36,37);3-12,21-22,39H,13-20H2,1-2H3,(H,35,36)/b13-10+;12-9+. The maximum absolute atomic E-state index is 13.1. The summed E-state index contributed by atoms with van der Waals surface area (Å²) in [6.45, 7) is 0.568. The highest BCUT2D eigenvalue weighted by Gasteiger charge is 2.34. The number of H-pyrrole nitrogens is 2. The van der Waals surface area contributed by atoms with Crippen LogP contribution in [0.15, 0.2) is 97.1 Å². The van der Waals surface area contributed by atoms with Crippen molar-refractivity contribution in [2.45, 2.75) is 52.1 Å². The van der Waals surface area contributed by atoms with Gasteiger partial charge in [-0.3, -0.25) is 29.4 Å². The maximum Gasteiger partial charge on any atom is 0.347 e. The number of nitrogens with zero attached hydrogens (tertiary/aromatic N) is 6. The van der Waals surface area contributed by atoms with Crippen LogP contribution in [0.4, 0.5) is 0 Å². The third kappa shape index (κ3) is 24.3. The van der Waals surface area contributed by atoms with Crippen molar-refractivity contribution < 1.29 is 124 Å². The molecule has 3 N–H and O–H groups in total. The molecule has 2 aromatic heterocycles. The van der Waals surface area contributed by atoms with Crippen molar-refractivity contribution in [1.82, 2.24) is 40.0 Å². The van der Waals surface area contributed by atoms with Gasteiger partial charge in [0.2, 0.25) is 0 Å². The highest BCUT2D eigenvalue weighted by atomic mass is 16.7. The molecule has 2 aliphatic heterocycles. The number of esters is 10. The molecule has 8 rings (SSSR count). The van der Waals surface area contributed by atoms with Crippen LogP contribution in [0.2, 0.25) is 0 Å². The normalized spacial score (nSPS) is 14.0. The van der Waals surface area contributed by atoms with E-state index in [4.69, 9.17) is 24.1 Å². The van der Waals surface area contributed by atoms with E-state index < -0.39 is 142 Å². The molecule has 2 aliphatic rings. The van der Waals surface area contributed by atoms with Gasteiger partial charge in [-0.15, -0.1) is 0 Å². The third-order valence-corrected chi connectivity index (χ3v) is 15.0. The van der Waals surface area contributed by atoms with Gasteiger partial charge in [-0.1, -0.05) is 72.8 Å². The Morgan fingerprint density at radius 1 is 0.388 bits per heavy atom. The molecule has 0 bridgehead atoms. The van der Waals surface area contributed by atoms with Crippen LogP contribution in [0, 0.1) is 0 Å². The van der Waals surface area contributed by atoms with E-state index >= 15 is 0 Å². The molecule has 4 amide bonds. The van der Waals surface area contributed by atoms with Gasteiger partial charge in [-0.05, 0) is 87.4 Å². The highest BCUT2D eigenvalue weighted by Crippen LogP contribution is 2.21. The first kappa shape index (κ1) is 78.1. The number of methoxy groups -OCH3 is 1. The van der Waals surface area contributed by atoms with Gasteiger partial charge >= 0.3 is 59.7 Å². The number of aliphatic hydroxyl groups excluding tert-OH is 1. The number of aromatic amines is 2. The van der Waals surface area contributed by atoms with Crippen LogP contribution in [0.25, 0.3) is 46.1 Å². The molecule has 546 valence electrons. The summed E-state index contributed by atoms with van der Waals surface area (Å²) < 4.78 is 51.7. The monoisotopic (exact) mass is 1430 g/mol. The van der Waals surface area contributed by atoms with Gasteiger partial charge in [0, 0.05) is 81.4 Å². The fourth-order valence-corrected chi connectivity index (χ4v) is 9.59. The molecule has 0 saturated carbocycles. The first-order valence-corrected chi connectivity index (χ1v) is 31.8. The van der Waals surface area contributed by atoms with Crippen molar-refractivity contribution in [3.8, 4) is 0 Å². The molecule has 103 heavy (non-hydrogen) atoms. The summed E-state index contributed by atoms with van der Waals surface area (Å²) in [4.78, 5) is 175. The predicted molar refractivity (Wildman–Crippen MR) is 355 cm³/mol. The van der Waals surface area contributed by atoms with Gasteiger partial charge in [0.1, 0.15) is 13.2 Å². The summed E-state index contributed by atoms with van der Waals surface area (Å²) in [6.07, 6.45) is 2.30. The Bertz CT molecular complexity index is 4090. The molecular weight excluding hydrogens is 1360 g/mol. The lowest BCUT2D eigenvalue weighted by Gasteiger charge is -2.35. The van der Waals surface area contributed by atoms with Crippen LogP contribution >= 0.6 is 0 Å². The summed E-state index contributed by atoms with van der Waals surface area (Å²) in [5.74, 6) is -11.9. The summed E-state index contributed by atoms with van der Waals surface area (Å²) in [5.41, 5.74) is 6.29. The highest BCUT2D eigenvalue weighted by molar-refractivity contribution is 5.97. The van der Waals surface area contributed by atoms with Crippen LogP contribution in [0.1, 0.15) is 70.9 Å². The zero-order valence-electron chi connectivity index (χ0n) is 56.5. The Labute approximate surface area is 586 Å². The van der Waals surface area contributed by atoms with Crippen LogP contribution < -0.4 is 0 Å². The quantitative estimate of drug-likeness (QED) is 0.0444. The minimum absolute atomic E-state index is 0.177. The number of aliphatic hydroxyl groups is 1. The smallest absolute Gasteiger partial charge is 0.347 e. The van der Waals surface area contributed by atoms with E-state index in [-0.39, 0.29) is 70.8 Å². The van der Waals surface area contributed by atoms with E-state index in [2.05, 4.69) is 53.6 Å². The Hall–Kier alpha value is -12.2. The first-order chi connectivity index (χ1) is 49.4. The molecule has 0 spiro atoms. The fraction of sp³-hybridized carbons (Fsp3) is 0.362. The lowest BCUT2D eigenvalue weighted by Crippen LogP contribution is -2.53. The number of rotatable bonds is 29. The number of carbonyl (C=O) groups is 14. The topological polar surface area (TPSA) is 431 Å². The lowest BCUT2D eigenvalue weighted by molar-refractivity contribution is -0.177. The molecule has 4 unspecified atom stereocenters. The lowest BCUT2D eigenvalue weighted by atomic mass is 10.1. The maximum atomic E-state index is 13.1. The first-order valence-electron chi connectivity index (χ1n) is 31.8. The molecule has 6 aromatic rings. The second-order valence-corrected chi connectivity index (χ2v) is 22.4. The van der Waals surface area contributed by atoms with E-state index in [1.54, 1.807) is 34.1 Å². The van der Waals surface area contributed by atoms with E-state index in [9.17, 15) is 67.1 Å². The number of piperazine rings is 2. The summed E-state index contributed by atoms with van der Waals surface area (Å²) in [6, 6.07) is 29.9. The second-order valence-electron chi connectivity index (χ2n) is 22.4. The molecule has 2 saturated heterocycles. The van der Waals surface area contributed by atoms with E-state index in [0.717, 1.165) is 44.3 Å². The van der Waals surface area contributed by atoms with Gasteiger partial charge in [-0.25, -0.2) is 47.9 Å². The van der Waals surface area contributed by atoms with Gasteiger partial charge in [0.25, 0.3) is 23.6 Å². The number of carbonyl (C=O) groups excluding carboxylic acids is 14. The zero-order chi connectivity index (χ0) is 74.5. The number of hydrogen-bond acceptors (Lipinski definition) is 28. The summed E-state index contributed by atoms with van der Waals surface area (Å²) in [5, 5.41) is 25.2. The average Bonchev–Trinajstić information content (AvgIpc) is 1.83. The minimum Gasteiger partial charge on any atom is -0.452 e. The molecule has 4 heterocycles. The Kier molecular flexibility index (Phi) is 29.6. The minimum atomic E-state index is -1.45. The largest absolute Gasteiger partial charge is 0.452 e. The van der Waals surface area contributed by atoms with Gasteiger partial charge in [0.05, 0.1) is 22.4 Å². The average molecular weight is 1430 g/mol. The number of fused-ring (bicyclic) bond motifs is 2. The second kappa shape index (κ2) is 39.0. The number of amides is 4. The number of nitrogens with one attached hydrogen (secondary N) is 2. The van der Waals surface area contributed by atoms with Crippen LogP contribution in [-0.2, 0) is 110 Å². The van der Waals surface area contributed by atoms with Crippen molar-refractivity contribution in [3.05, 3.63) is 131 Å². The molecule has 0 radical (unpaired) electrons. The van der Waals surface area contributed by atoms with Crippen molar-refractivity contribution in [3.63, 3.8) is 0 Å².